The molecule has 2 unspecified atom stereocenters. The second kappa shape index (κ2) is 14.1. The standard InChI is InChI=1S/C36H39ClN8O4/c1-21-24(25-9-7-11-27(33(25)37)42-36(48)34-40-29-20-43(2)14-13-30(29)45(34)4)8-6-10-26(21)41-35(47)28-17-31(49-5)22(19-39-28)18-38-23-12-15-44(3)32(46)16-23/h6-12,15-17,19,27,33,38H,13-14,18,20H2,1-5H3,(H,41,47)(H,42,48). The second-order valence-electron chi connectivity index (χ2n) is 12.3. The third kappa shape index (κ3) is 7.01. The predicted molar refractivity (Wildman–Crippen MR) is 190 cm³/mol. The van der Waals surface area contributed by atoms with Gasteiger partial charge in [0, 0.05) is 87.3 Å². The summed E-state index contributed by atoms with van der Waals surface area (Å²) in [7, 11) is 7.14. The van der Waals surface area contributed by atoms with Crippen molar-refractivity contribution in [3.8, 4) is 5.75 Å². The first kappa shape index (κ1) is 33.7. The van der Waals surface area contributed by atoms with Gasteiger partial charge in [0.25, 0.3) is 17.4 Å². The summed E-state index contributed by atoms with van der Waals surface area (Å²) < 4.78 is 8.92. The predicted octanol–water partition coefficient (Wildman–Crippen LogP) is 4.04. The highest BCUT2D eigenvalue weighted by atomic mass is 35.5. The van der Waals surface area contributed by atoms with Gasteiger partial charge in [-0.3, -0.25) is 19.4 Å². The van der Waals surface area contributed by atoms with E-state index >= 15 is 0 Å². The van der Waals surface area contributed by atoms with E-state index in [2.05, 4.69) is 30.8 Å². The van der Waals surface area contributed by atoms with Crippen LogP contribution in [0.3, 0.4) is 0 Å². The topological polar surface area (TPSA) is 135 Å². The lowest BCUT2D eigenvalue weighted by Crippen LogP contribution is -2.42. The number of amides is 2. The van der Waals surface area contributed by atoms with Crippen molar-refractivity contribution in [2.24, 2.45) is 14.1 Å². The molecule has 6 rings (SSSR count). The average molecular weight is 683 g/mol. The Kier molecular flexibility index (Phi) is 9.70. The number of hydrogen-bond donors (Lipinski definition) is 3. The number of hydrogen-bond acceptors (Lipinski definition) is 8. The normalized spacial score (nSPS) is 17.2. The first-order valence-corrected chi connectivity index (χ1v) is 16.4. The molecule has 0 bridgehead atoms. The van der Waals surface area contributed by atoms with E-state index in [0.29, 0.717) is 36.0 Å². The van der Waals surface area contributed by atoms with E-state index in [1.165, 1.54) is 17.7 Å². The van der Waals surface area contributed by atoms with Crippen LogP contribution in [0.2, 0.25) is 0 Å². The molecule has 4 heterocycles. The van der Waals surface area contributed by atoms with E-state index in [1.54, 1.807) is 31.6 Å². The van der Waals surface area contributed by atoms with Crippen molar-refractivity contribution < 1.29 is 14.3 Å². The molecule has 2 amide bonds. The van der Waals surface area contributed by atoms with Gasteiger partial charge in [-0.25, -0.2) is 4.98 Å². The van der Waals surface area contributed by atoms with Crippen LogP contribution in [0.1, 0.15) is 49.2 Å². The molecule has 4 aromatic rings. The van der Waals surface area contributed by atoms with Gasteiger partial charge in [0.15, 0.2) is 5.82 Å². The maximum atomic E-state index is 13.4. The summed E-state index contributed by atoms with van der Waals surface area (Å²) in [6, 6.07) is 10.0. The number of nitrogens with one attached hydrogen (secondary N) is 3. The number of fused-ring (bicyclic) bond motifs is 1. The van der Waals surface area contributed by atoms with Crippen molar-refractivity contribution in [3.05, 3.63) is 117 Å². The number of nitrogens with zero attached hydrogens (tertiary/aromatic N) is 5. The highest BCUT2D eigenvalue weighted by Gasteiger charge is 2.30. The molecule has 49 heavy (non-hydrogen) atoms. The number of imidazole rings is 1. The Hall–Kier alpha value is -5.20. The smallest absolute Gasteiger partial charge is 0.287 e. The van der Waals surface area contributed by atoms with Crippen LogP contribution in [-0.2, 0) is 33.6 Å². The largest absolute Gasteiger partial charge is 0.496 e. The molecule has 2 aliphatic rings. The number of alkyl halides is 1. The van der Waals surface area contributed by atoms with E-state index in [4.69, 9.17) is 16.3 Å². The molecule has 1 aliphatic carbocycles. The Balaban J connectivity index is 1.14. The molecule has 12 nitrogen and oxygen atoms in total. The Morgan fingerprint density at radius 3 is 2.71 bits per heavy atom. The number of pyridine rings is 2. The monoisotopic (exact) mass is 682 g/mol. The minimum atomic E-state index is -0.564. The van der Waals surface area contributed by atoms with E-state index in [1.807, 2.05) is 62.0 Å². The third-order valence-corrected chi connectivity index (χ3v) is 9.54. The van der Waals surface area contributed by atoms with Crippen LogP contribution in [-0.4, -0.2) is 67.9 Å². The van der Waals surface area contributed by atoms with Gasteiger partial charge in [0.1, 0.15) is 11.4 Å². The van der Waals surface area contributed by atoms with Gasteiger partial charge in [0.2, 0.25) is 0 Å². The van der Waals surface area contributed by atoms with E-state index < -0.39 is 17.3 Å². The summed E-state index contributed by atoms with van der Waals surface area (Å²) in [5, 5.41) is 8.67. The summed E-state index contributed by atoms with van der Waals surface area (Å²) in [5.74, 6) is 0.165. The Bertz CT molecular complexity index is 2050. The number of carbonyl (C=O) groups excluding carboxylic acids is 2. The Labute approximate surface area is 289 Å². The fraction of sp³-hybridized carbons (Fsp3) is 0.306. The van der Waals surface area contributed by atoms with Crippen LogP contribution in [0.25, 0.3) is 5.57 Å². The van der Waals surface area contributed by atoms with Gasteiger partial charge in [0.05, 0.1) is 24.2 Å². The molecular formula is C36H39ClN8O4. The molecule has 2 atom stereocenters. The molecule has 1 aromatic carbocycles. The number of halogens is 1. The van der Waals surface area contributed by atoms with Gasteiger partial charge in [-0.15, -0.1) is 11.6 Å². The Morgan fingerprint density at radius 1 is 1.12 bits per heavy atom. The van der Waals surface area contributed by atoms with Crippen LogP contribution in [0.15, 0.2) is 71.8 Å². The number of allylic oxidation sites excluding steroid dienone is 2. The maximum Gasteiger partial charge on any atom is 0.287 e. The quantitative estimate of drug-likeness (QED) is 0.225. The summed E-state index contributed by atoms with van der Waals surface area (Å²) >= 11 is 7.03. The summed E-state index contributed by atoms with van der Waals surface area (Å²) in [4.78, 5) is 50.0. The first-order chi connectivity index (χ1) is 23.5. The van der Waals surface area contributed by atoms with Crippen LogP contribution in [0.4, 0.5) is 11.4 Å². The molecule has 0 fully saturated rings. The summed E-state index contributed by atoms with van der Waals surface area (Å²) in [5.41, 5.74) is 6.53. The van der Waals surface area contributed by atoms with Crippen LogP contribution in [0.5, 0.6) is 5.75 Å². The maximum absolute atomic E-state index is 13.4. The van der Waals surface area contributed by atoms with Crippen molar-refractivity contribution in [2.45, 2.75) is 37.9 Å². The number of aryl methyl sites for hydroxylation is 1. The van der Waals surface area contributed by atoms with E-state index in [0.717, 1.165) is 46.6 Å². The lowest BCUT2D eigenvalue weighted by atomic mass is 9.90. The highest BCUT2D eigenvalue weighted by molar-refractivity contribution is 6.27. The van der Waals surface area contributed by atoms with E-state index in [-0.39, 0.29) is 17.2 Å². The molecule has 0 saturated heterocycles. The zero-order valence-electron chi connectivity index (χ0n) is 28.1. The second-order valence-corrected chi connectivity index (χ2v) is 12.8. The fourth-order valence-electron chi connectivity index (χ4n) is 6.14. The number of methoxy groups -OCH3 is 1. The van der Waals surface area contributed by atoms with Gasteiger partial charge >= 0.3 is 0 Å². The van der Waals surface area contributed by atoms with Gasteiger partial charge in [-0.2, -0.15) is 0 Å². The molecule has 0 saturated carbocycles. The number of rotatable bonds is 9. The van der Waals surface area contributed by atoms with E-state index in [9.17, 15) is 14.4 Å². The number of ether oxygens (including phenoxy) is 1. The molecule has 254 valence electrons. The minimum absolute atomic E-state index is 0.127. The average Bonchev–Trinajstić information content (AvgIpc) is 3.42. The van der Waals surface area contributed by atoms with Crippen molar-refractivity contribution in [3.63, 3.8) is 0 Å². The van der Waals surface area contributed by atoms with Gasteiger partial charge in [-0.1, -0.05) is 30.4 Å². The van der Waals surface area contributed by atoms with Crippen LogP contribution < -0.4 is 26.2 Å². The minimum Gasteiger partial charge on any atom is -0.496 e. The fourth-order valence-corrected chi connectivity index (χ4v) is 6.47. The third-order valence-electron chi connectivity index (χ3n) is 9.03. The summed E-state index contributed by atoms with van der Waals surface area (Å²) in [6.45, 7) is 3.89. The lowest BCUT2D eigenvalue weighted by Gasteiger charge is -2.27. The number of likely N-dealkylation sites (N-methyl/N-ethyl adjacent to an activating group) is 1. The molecule has 13 heteroatoms. The lowest BCUT2D eigenvalue weighted by molar-refractivity contribution is 0.0930. The van der Waals surface area contributed by atoms with Crippen molar-refractivity contribution >= 4 is 40.4 Å². The van der Waals surface area contributed by atoms with Crippen molar-refractivity contribution in [1.29, 1.82) is 0 Å². The van der Waals surface area contributed by atoms with Gasteiger partial charge in [-0.05, 0) is 42.8 Å². The molecular weight excluding hydrogens is 644 g/mol. The molecule has 3 aromatic heterocycles. The number of aromatic nitrogens is 4. The van der Waals surface area contributed by atoms with Crippen molar-refractivity contribution in [2.75, 3.05) is 31.3 Å². The van der Waals surface area contributed by atoms with Crippen LogP contribution in [0, 0.1) is 6.92 Å². The number of carbonyl (C=O) groups is 2. The molecule has 1 aliphatic heterocycles. The first-order valence-electron chi connectivity index (χ1n) is 15.9. The highest BCUT2D eigenvalue weighted by Crippen LogP contribution is 2.34. The van der Waals surface area contributed by atoms with Gasteiger partial charge < -0.3 is 34.7 Å². The summed E-state index contributed by atoms with van der Waals surface area (Å²) in [6.07, 6.45) is 9.78. The molecule has 0 radical (unpaired) electrons. The van der Waals surface area contributed by atoms with Crippen LogP contribution >= 0.6 is 11.6 Å². The molecule has 3 N–H and O–H groups in total. The Morgan fingerprint density at radius 2 is 1.94 bits per heavy atom. The molecule has 0 spiro atoms. The number of anilines is 2. The van der Waals surface area contributed by atoms with Crippen molar-refractivity contribution in [1.82, 2.24) is 29.3 Å². The zero-order chi connectivity index (χ0) is 34.8. The number of benzene rings is 1. The zero-order valence-corrected chi connectivity index (χ0v) is 28.8. The SMILES string of the molecule is COc1cc(C(=O)Nc2cccc(C3=CC=CC(NC(=O)c4nc5c(n4C)CCN(C)C5)C3Cl)c2C)ncc1CNc1ccn(C)c(=O)c1.